The minimum atomic E-state index is -0.805. The lowest BCUT2D eigenvalue weighted by molar-refractivity contribution is -0.137. The zero-order chi connectivity index (χ0) is 12.7. The molecule has 4 heteroatoms. The van der Waals surface area contributed by atoms with Crippen molar-refractivity contribution in [3.8, 4) is 0 Å². The van der Waals surface area contributed by atoms with Crippen LogP contribution in [0, 0.1) is 5.92 Å². The molecule has 0 rings (SSSR count). The monoisotopic (exact) mass is 229 g/mol. The van der Waals surface area contributed by atoms with Crippen molar-refractivity contribution >= 4 is 11.8 Å². The van der Waals surface area contributed by atoms with Gasteiger partial charge in [-0.05, 0) is 12.8 Å². The molecular formula is C12H23NO3. The van der Waals surface area contributed by atoms with Crippen LogP contribution in [0.5, 0.6) is 0 Å². The van der Waals surface area contributed by atoms with E-state index in [0.717, 1.165) is 0 Å². The van der Waals surface area contributed by atoms with E-state index in [1.165, 1.54) is 0 Å². The molecular weight excluding hydrogens is 206 g/mol. The predicted molar refractivity (Wildman–Crippen MR) is 63.4 cm³/mol. The Balaban J connectivity index is 4.20. The second-order valence-electron chi connectivity index (χ2n) is 4.72. The largest absolute Gasteiger partial charge is 0.481 e. The molecule has 0 saturated heterocycles. The molecule has 0 aliphatic rings. The number of carbonyl (C=O) groups is 2. The molecule has 16 heavy (non-hydrogen) atoms. The van der Waals surface area contributed by atoms with E-state index in [0.29, 0.717) is 12.8 Å². The first kappa shape index (κ1) is 15.1. The number of rotatable bonds is 8. The molecule has 0 amide bonds. The third kappa shape index (κ3) is 6.56. The van der Waals surface area contributed by atoms with Gasteiger partial charge in [-0.3, -0.25) is 9.59 Å². The second-order valence-corrected chi connectivity index (χ2v) is 4.72. The highest BCUT2D eigenvalue weighted by Gasteiger charge is 2.21. The topological polar surface area (TPSA) is 66.4 Å². The van der Waals surface area contributed by atoms with Crippen LogP contribution in [0.4, 0.5) is 0 Å². The van der Waals surface area contributed by atoms with Crippen LogP contribution in [-0.4, -0.2) is 28.9 Å². The van der Waals surface area contributed by atoms with Crippen molar-refractivity contribution in [2.45, 2.75) is 59.0 Å². The first-order valence-corrected chi connectivity index (χ1v) is 5.86. The average molecular weight is 229 g/mol. The van der Waals surface area contributed by atoms with E-state index < -0.39 is 5.97 Å². The molecule has 0 bridgehead atoms. The Morgan fingerprint density at radius 2 is 1.75 bits per heavy atom. The standard InChI is InChI=1S/C12H23NO3/c1-8(2)12(16)10(13-9(3)4)6-5-7-11(14)15/h8-10,13H,5-7H2,1-4H3,(H,14,15). The lowest BCUT2D eigenvalue weighted by Crippen LogP contribution is -2.42. The van der Waals surface area contributed by atoms with Crippen molar-refractivity contribution in [1.82, 2.24) is 5.32 Å². The fourth-order valence-corrected chi connectivity index (χ4v) is 1.57. The summed E-state index contributed by atoms with van der Waals surface area (Å²) in [5, 5.41) is 11.7. The molecule has 0 aromatic rings. The number of carbonyl (C=O) groups excluding carboxylic acids is 1. The number of aliphatic carboxylic acids is 1. The molecule has 1 atom stereocenters. The van der Waals surface area contributed by atoms with Crippen LogP contribution in [0.15, 0.2) is 0 Å². The van der Waals surface area contributed by atoms with Gasteiger partial charge in [0.15, 0.2) is 5.78 Å². The van der Waals surface area contributed by atoms with Gasteiger partial charge < -0.3 is 10.4 Å². The van der Waals surface area contributed by atoms with Gasteiger partial charge in [0.25, 0.3) is 0 Å². The normalized spacial score (nSPS) is 13.1. The minimum absolute atomic E-state index is 0.0129. The van der Waals surface area contributed by atoms with Gasteiger partial charge in [0, 0.05) is 18.4 Å². The Kier molecular flexibility index (Phi) is 6.97. The third-order valence-corrected chi connectivity index (χ3v) is 2.33. The van der Waals surface area contributed by atoms with E-state index in [1.54, 1.807) is 0 Å². The number of ketones is 1. The smallest absolute Gasteiger partial charge is 0.303 e. The Morgan fingerprint density at radius 3 is 2.12 bits per heavy atom. The lowest BCUT2D eigenvalue weighted by atomic mass is 9.96. The van der Waals surface area contributed by atoms with E-state index in [2.05, 4.69) is 5.32 Å². The van der Waals surface area contributed by atoms with Gasteiger partial charge in [0.2, 0.25) is 0 Å². The van der Waals surface area contributed by atoms with Crippen LogP contribution in [0.25, 0.3) is 0 Å². The summed E-state index contributed by atoms with van der Waals surface area (Å²) in [6, 6.07) is 0.0249. The summed E-state index contributed by atoms with van der Waals surface area (Å²) in [6.07, 6.45) is 1.27. The Labute approximate surface area is 97.4 Å². The molecule has 0 radical (unpaired) electrons. The van der Waals surface area contributed by atoms with E-state index >= 15 is 0 Å². The summed E-state index contributed by atoms with van der Waals surface area (Å²) in [4.78, 5) is 22.2. The van der Waals surface area contributed by atoms with Crippen molar-refractivity contribution in [2.75, 3.05) is 0 Å². The maximum Gasteiger partial charge on any atom is 0.303 e. The van der Waals surface area contributed by atoms with E-state index in [9.17, 15) is 9.59 Å². The summed E-state index contributed by atoms with van der Waals surface area (Å²) in [5.41, 5.74) is 0. The molecule has 0 aromatic carbocycles. The fourth-order valence-electron chi connectivity index (χ4n) is 1.57. The summed E-state index contributed by atoms with van der Waals surface area (Å²) >= 11 is 0. The average Bonchev–Trinajstić information content (AvgIpc) is 2.13. The molecule has 1 unspecified atom stereocenters. The molecule has 0 heterocycles. The van der Waals surface area contributed by atoms with Gasteiger partial charge in [0.05, 0.1) is 6.04 Å². The minimum Gasteiger partial charge on any atom is -0.481 e. The summed E-state index contributed by atoms with van der Waals surface area (Å²) < 4.78 is 0. The predicted octanol–water partition coefficient (Wildman–Crippen LogP) is 1.83. The summed E-state index contributed by atoms with van der Waals surface area (Å²) in [5.74, 6) is -0.652. The molecule has 0 spiro atoms. The third-order valence-electron chi connectivity index (χ3n) is 2.33. The molecule has 0 aliphatic heterocycles. The number of carboxylic acid groups (broad SMARTS) is 1. The summed E-state index contributed by atoms with van der Waals surface area (Å²) in [6.45, 7) is 7.71. The van der Waals surface area contributed by atoms with Crippen molar-refractivity contribution in [1.29, 1.82) is 0 Å². The first-order chi connectivity index (χ1) is 7.34. The van der Waals surface area contributed by atoms with E-state index in [4.69, 9.17) is 5.11 Å². The number of Topliss-reactive ketones (excluding diaryl/α,β-unsaturated/α-hetero) is 1. The Morgan fingerprint density at radius 1 is 1.19 bits per heavy atom. The molecule has 0 saturated carbocycles. The van der Waals surface area contributed by atoms with E-state index in [-0.39, 0.29) is 30.2 Å². The second kappa shape index (κ2) is 7.39. The quantitative estimate of drug-likeness (QED) is 0.666. The van der Waals surface area contributed by atoms with Crippen LogP contribution in [0.3, 0.4) is 0 Å². The number of nitrogens with one attached hydrogen (secondary N) is 1. The maximum absolute atomic E-state index is 11.8. The molecule has 0 aliphatic carbocycles. The van der Waals surface area contributed by atoms with Gasteiger partial charge in [0.1, 0.15) is 0 Å². The molecule has 2 N–H and O–H groups in total. The van der Waals surface area contributed by atoms with Crippen LogP contribution >= 0.6 is 0 Å². The highest BCUT2D eigenvalue weighted by atomic mass is 16.4. The highest BCUT2D eigenvalue weighted by molar-refractivity contribution is 5.85. The first-order valence-electron chi connectivity index (χ1n) is 5.86. The number of hydrogen-bond donors (Lipinski definition) is 2. The summed E-state index contributed by atoms with van der Waals surface area (Å²) in [7, 11) is 0. The maximum atomic E-state index is 11.8. The fraction of sp³-hybridized carbons (Fsp3) is 0.833. The molecule has 94 valence electrons. The molecule has 0 aromatic heterocycles. The van der Waals surface area contributed by atoms with Gasteiger partial charge in [-0.25, -0.2) is 0 Å². The number of hydrogen-bond acceptors (Lipinski definition) is 3. The van der Waals surface area contributed by atoms with Crippen molar-refractivity contribution < 1.29 is 14.7 Å². The van der Waals surface area contributed by atoms with Crippen molar-refractivity contribution in [3.05, 3.63) is 0 Å². The number of carboxylic acids is 1. The Hall–Kier alpha value is -0.900. The van der Waals surface area contributed by atoms with Crippen molar-refractivity contribution in [3.63, 3.8) is 0 Å². The van der Waals surface area contributed by atoms with Gasteiger partial charge in [-0.2, -0.15) is 0 Å². The van der Waals surface area contributed by atoms with Gasteiger partial charge in [-0.1, -0.05) is 27.7 Å². The van der Waals surface area contributed by atoms with Crippen LogP contribution in [0.2, 0.25) is 0 Å². The van der Waals surface area contributed by atoms with Gasteiger partial charge >= 0.3 is 5.97 Å². The zero-order valence-electron chi connectivity index (χ0n) is 10.6. The Bertz CT molecular complexity index is 236. The van der Waals surface area contributed by atoms with Gasteiger partial charge in [-0.15, -0.1) is 0 Å². The van der Waals surface area contributed by atoms with Crippen LogP contribution < -0.4 is 5.32 Å². The SMILES string of the molecule is CC(C)NC(CCCC(=O)O)C(=O)C(C)C. The highest BCUT2D eigenvalue weighted by Crippen LogP contribution is 2.08. The van der Waals surface area contributed by atoms with E-state index in [1.807, 2.05) is 27.7 Å². The zero-order valence-corrected chi connectivity index (χ0v) is 10.6. The van der Waals surface area contributed by atoms with Crippen LogP contribution in [0.1, 0.15) is 47.0 Å². The lowest BCUT2D eigenvalue weighted by Gasteiger charge is -2.21. The molecule has 4 nitrogen and oxygen atoms in total. The van der Waals surface area contributed by atoms with Crippen molar-refractivity contribution in [2.24, 2.45) is 5.92 Å². The van der Waals surface area contributed by atoms with Crippen LogP contribution in [-0.2, 0) is 9.59 Å². The molecule has 0 fully saturated rings.